The smallest absolute Gasteiger partial charge is 0.316 e. The third kappa shape index (κ3) is 4.38. The van der Waals surface area contributed by atoms with E-state index in [0.717, 1.165) is 20.8 Å². The molecule has 20 heavy (non-hydrogen) atoms. The Bertz CT molecular complexity index is 575. The average Bonchev–Trinajstić information content (AvgIpc) is 2.75. The second kappa shape index (κ2) is 6.95. The van der Waals surface area contributed by atoms with Crippen LogP contribution in [0.15, 0.2) is 38.1 Å². The zero-order chi connectivity index (χ0) is 14.5. The van der Waals surface area contributed by atoms with Crippen LogP contribution in [0.2, 0.25) is 0 Å². The van der Waals surface area contributed by atoms with E-state index in [1.807, 2.05) is 38.1 Å². The van der Waals surface area contributed by atoms with Gasteiger partial charge in [-0.3, -0.25) is 4.79 Å². The monoisotopic (exact) mass is 355 g/mol. The van der Waals surface area contributed by atoms with Crippen LogP contribution in [0.4, 0.5) is 0 Å². The highest BCUT2D eigenvalue weighted by Gasteiger charge is 2.09. The van der Waals surface area contributed by atoms with Crippen LogP contribution < -0.4 is 0 Å². The van der Waals surface area contributed by atoms with Gasteiger partial charge in [0.2, 0.25) is 5.89 Å². The zero-order valence-corrected chi connectivity index (χ0v) is 13.6. The summed E-state index contributed by atoms with van der Waals surface area (Å²) in [6, 6.07) is 7.77. The lowest BCUT2D eigenvalue weighted by Gasteiger charge is -2.02. The van der Waals surface area contributed by atoms with Crippen molar-refractivity contribution in [1.82, 2.24) is 4.98 Å². The quantitative estimate of drug-likeness (QED) is 0.601. The number of carbonyl (C=O) groups is 1. The maximum Gasteiger partial charge on any atom is 0.316 e. The molecule has 0 aliphatic rings. The van der Waals surface area contributed by atoms with Gasteiger partial charge in [-0.1, -0.05) is 15.9 Å². The van der Waals surface area contributed by atoms with Crippen molar-refractivity contribution in [2.45, 2.75) is 25.3 Å². The third-order valence-electron chi connectivity index (χ3n) is 2.60. The van der Waals surface area contributed by atoms with Gasteiger partial charge in [0, 0.05) is 9.37 Å². The molecule has 0 fully saturated rings. The second-order valence-corrected chi connectivity index (χ2v) is 6.12. The maximum atomic E-state index is 11.6. The molecular formula is C14H14BrNO3S. The van der Waals surface area contributed by atoms with Crippen LogP contribution >= 0.6 is 27.7 Å². The molecule has 1 aromatic carbocycles. The molecule has 0 aliphatic heterocycles. The standard InChI is InChI=1S/C14H14BrNO3S/c1-9-10(2)19-13(16-9)7-18-14(17)8-20-12-5-3-11(15)4-6-12/h3-6H,7-8H2,1-2H3. The second-order valence-electron chi connectivity index (χ2n) is 4.15. The molecule has 0 bridgehead atoms. The van der Waals surface area contributed by atoms with Crippen LogP contribution in [0.5, 0.6) is 0 Å². The van der Waals surface area contributed by atoms with Gasteiger partial charge in [-0.15, -0.1) is 11.8 Å². The minimum atomic E-state index is -0.286. The molecule has 0 amide bonds. The Balaban J connectivity index is 1.76. The Labute approximate surface area is 130 Å². The van der Waals surface area contributed by atoms with Gasteiger partial charge in [-0.05, 0) is 38.1 Å². The highest BCUT2D eigenvalue weighted by Crippen LogP contribution is 2.20. The molecule has 0 N–H and O–H groups in total. The number of aromatic nitrogens is 1. The molecule has 1 aromatic heterocycles. The van der Waals surface area contributed by atoms with Gasteiger partial charge < -0.3 is 9.15 Å². The minimum Gasteiger partial charge on any atom is -0.455 e. The predicted octanol–water partition coefficient (Wildman–Crippen LogP) is 3.89. The van der Waals surface area contributed by atoms with E-state index in [0.29, 0.717) is 5.89 Å². The molecule has 1 heterocycles. The van der Waals surface area contributed by atoms with E-state index in [9.17, 15) is 4.79 Å². The molecule has 0 saturated heterocycles. The number of oxazole rings is 1. The lowest BCUT2D eigenvalue weighted by atomic mass is 10.4. The number of esters is 1. The van der Waals surface area contributed by atoms with E-state index in [1.165, 1.54) is 11.8 Å². The van der Waals surface area contributed by atoms with Crippen molar-refractivity contribution < 1.29 is 13.9 Å². The number of hydrogen-bond donors (Lipinski definition) is 0. The fourth-order valence-corrected chi connectivity index (χ4v) is 2.42. The molecule has 6 heteroatoms. The molecule has 106 valence electrons. The lowest BCUT2D eigenvalue weighted by molar-refractivity contribution is -0.142. The van der Waals surface area contributed by atoms with Crippen molar-refractivity contribution in [3.05, 3.63) is 46.1 Å². The Morgan fingerprint density at radius 3 is 2.65 bits per heavy atom. The van der Waals surface area contributed by atoms with Gasteiger partial charge in [0.05, 0.1) is 11.4 Å². The van der Waals surface area contributed by atoms with Gasteiger partial charge in [-0.2, -0.15) is 0 Å². The van der Waals surface area contributed by atoms with E-state index in [2.05, 4.69) is 20.9 Å². The Kier molecular flexibility index (Phi) is 5.25. The summed E-state index contributed by atoms with van der Waals surface area (Å²) < 4.78 is 11.5. The molecule has 0 atom stereocenters. The molecular weight excluding hydrogens is 342 g/mol. The van der Waals surface area contributed by atoms with Gasteiger partial charge >= 0.3 is 5.97 Å². The van der Waals surface area contributed by atoms with E-state index in [1.54, 1.807) is 0 Å². The van der Waals surface area contributed by atoms with E-state index < -0.39 is 0 Å². The van der Waals surface area contributed by atoms with Crippen LogP contribution in [0.3, 0.4) is 0 Å². The molecule has 2 aromatic rings. The number of ether oxygens (including phenoxy) is 1. The number of thioether (sulfide) groups is 1. The Morgan fingerprint density at radius 2 is 2.05 bits per heavy atom. The van der Waals surface area contributed by atoms with Crippen LogP contribution in [0.1, 0.15) is 17.3 Å². The highest BCUT2D eigenvalue weighted by molar-refractivity contribution is 9.10. The summed E-state index contributed by atoms with van der Waals surface area (Å²) in [6.07, 6.45) is 0. The van der Waals surface area contributed by atoms with Crippen LogP contribution in [-0.4, -0.2) is 16.7 Å². The number of carbonyl (C=O) groups excluding carboxylic acids is 1. The fourth-order valence-electron chi connectivity index (χ4n) is 1.46. The molecule has 2 rings (SSSR count). The molecule has 4 nitrogen and oxygen atoms in total. The van der Waals surface area contributed by atoms with Crippen molar-refractivity contribution in [2.24, 2.45) is 0 Å². The predicted molar refractivity (Wildman–Crippen MR) is 80.6 cm³/mol. The van der Waals surface area contributed by atoms with Gasteiger partial charge in [0.1, 0.15) is 5.76 Å². The molecule has 0 saturated carbocycles. The third-order valence-corrected chi connectivity index (χ3v) is 4.11. The number of benzene rings is 1. The van der Waals surface area contributed by atoms with E-state index >= 15 is 0 Å². The lowest BCUT2D eigenvalue weighted by Crippen LogP contribution is -2.07. The SMILES string of the molecule is Cc1nc(COC(=O)CSc2ccc(Br)cc2)oc1C. The average molecular weight is 356 g/mol. The summed E-state index contributed by atoms with van der Waals surface area (Å²) in [5.74, 6) is 1.16. The Morgan fingerprint density at radius 1 is 1.35 bits per heavy atom. The minimum absolute atomic E-state index is 0.0778. The maximum absolute atomic E-state index is 11.6. The van der Waals surface area contributed by atoms with Crippen molar-refractivity contribution in [3.63, 3.8) is 0 Å². The summed E-state index contributed by atoms with van der Waals surface area (Å²) in [4.78, 5) is 16.8. The first-order valence-corrected chi connectivity index (χ1v) is 7.79. The van der Waals surface area contributed by atoms with Crippen molar-refractivity contribution >= 4 is 33.7 Å². The van der Waals surface area contributed by atoms with E-state index in [4.69, 9.17) is 9.15 Å². The van der Waals surface area contributed by atoms with Crippen molar-refractivity contribution in [3.8, 4) is 0 Å². The molecule has 0 unspecified atom stereocenters. The zero-order valence-electron chi connectivity index (χ0n) is 11.2. The first kappa shape index (κ1) is 15.1. The van der Waals surface area contributed by atoms with E-state index in [-0.39, 0.29) is 18.3 Å². The van der Waals surface area contributed by atoms with Gasteiger partial charge in [0.25, 0.3) is 0 Å². The molecule has 0 aliphatic carbocycles. The first-order valence-electron chi connectivity index (χ1n) is 6.01. The number of rotatable bonds is 5. The Hall–Kier alpha value is -1.27. The number of hydrogen-bond acceptors (Lipinski definition) is 5. The number of halogens is 1. The summed E-state index contributed by atoms with van der Waals surface area (Å²) in [7, 11) is 0. The summed E-state index contributed by atoms with van der Waals surface area (Å²) in [6.45, 7) is 3.76. The van der Waals surface area contributed by atoms with Crippen molar-refractivity contribution in [1.29, 1.82) is 0 Å². The van der Waals surface area contributed by atoms with Crippen molar-refractivity contribution in [2.75, 3.05) is 5.75 Å². The summed E-state index contributed by atoms with van der Waals surface area (Å²) in [5.41, 5.74) is 0.820. The number of nitrogens with zero attached hydrogens (tertiary/aromatic N) is 1. The van der Waals surface area contributed by atoms with Gasteiger partial charge in [-0.25, -0.2) is 4.98 Å². The van der Waals surface area contributed by atoms with Crippen LogP contribution in [-0.2, 0) is 16.1 Å². The fraction of sp³-hybridized carbons (Fsp3) is 0.286. The van der Waals surface area contributed by atoms with Crippen LogP contribution in [0.25, 0.3) is 0 Å². The molecule has 0 spiro atoms. The topological polar surface area (TPSA) is 52.3 Å². The largest absolute Gasteiger partial charge is 0.455 e. The van der Waals surface area contributed by atoms with Gasteiger partial charge in [0.15, 0.2) is 6.61 Å². The highest BCUT2D eigenvalue weighted by atomic mass is 79.9. The first-order chi connectivity index (χ1) is 9.54. The summed E-state index contributed by atoms with van der Waals surface area (Å²) >= 11 is 4.80. The number of aryl methyl sites for hydroxylation is 2. The normalized spacial score (nSPS) is 10.6. The van der Waals surface area contributed by atoms with Crippen LogP contribution in [0, 0.1) is 13.8 Å². The summed E-state index contributed by atoms with van der Waals surface area (Å²) in [5, 5.41) is 0. The molecule has 0 radical (unpaired) electrons.